The molecule has 3 nitrogen and oxygen atoms in total. The van der Waals surface area contributed by atoms with E-state index >= 15 is 0 Å². The highest BCUT2D eigenvalue weighted by Gasteiger charge is 2.28. The second-order valence-corrected chi connectivity index (χ2v) is 5.50. The molecule has 1 fully saturated rings. The Hall–Kier alpha value is -0.890. The SMILES string of the molecule is CCN1CCN(C(C#N)c2cccs2)CC1C. The third-order valence-electron chi connectivity index (χ3n) is 3.50. The maximum absolute atomic E-state index is 9.36. The smallest absolute Gasteiger partial charge is 0.133 e. The summed E-state index contributed by atoms with van der Waals surface area (Å²) in [4.78, 5) is 5.95. The van der Waals surface area contributed by atoms with Crippen LogP contribution in [0.2, 0.25) is 0 Å². The fourth-order valence-electron chi connectivity index (χ4n) is 2.50. The van der Waals surface area contributed by atoms with Gasteiger partial charge < -0.3 is 0 Å². The lowest BCUT2D eigenvalue weighted by Gasteiger charge is -2.40. The highest BCUT2D eigenvalue weighted by Crippen LogP contribution is 2.26. The van der Waals surface area contributed by atoms with E-state index in [1.807, 2.05) is 11.4 Å². The summed E-state index contributed by atoms with van der Waals surface area (Å²) >= 11 is 1.68. The molecule has 2 unspecified atom stereocenters. The molecule has 17 heavy (non-hydrogen) atoms. The Balaban J connectivity index is 2.06. The molecule has 92 valence electrons. The van der Waals surface area contributed by atoms with Crippen LogP contribution >= 0.6 is 11.3 Å². The van der Waals surface area contributed by atoms with Gasteiger partial charge in [0.15, 0.2) is 0 Å². The molecule has 0 aliphatic carbocycles. The minimum absolute atomic E-state index is 0.0588. The molecule has 0 N–H and O–H groups in total. The van der Waals surface area contributed by atoms with Crippen LogP contribution in [0.1, 0.15) is 24.8 Å². The van der Waals surface area contributed by atoms with Gasteiger partial charge >= 0.3 is 0 Å². The van der Waals surface area contributed by atoms with Crippen molar-refractivity contribution in [1.82, 2.24) is 9.80 Å². The third-order valence-corrected chi connectivity index (χ3v) is 4.43. The normalized spacial score (nSPS) is 24.4. The van der Waals surface area contributed by atoms with Crippen molar-refractivity contribution in [3.8, 4) is 6.07 Å². The monoisotopic (exact) mass is 249 g/mol. The van der Waals surface area contributed by atoms with Crippen LogP contribution in [0, 0.1) is 11.3 Å². The Bertz CT molecular complexity index is 382. The number of hydrogen-bond acceptors (Lipinski definition) is 4. The second kappa shape index (κ2) is 5.63. The van der Waals surface area contributed by atoms with E-state index in [4.69, 9.17) is 0 Å². The molecule has 0 spiro atoms. The Labute approximate surface area is 107 Å². The summed E-state index contributed by atoms with van der Waals surface area (Å²) in [7, 11) is 0. The van der Waals surface area contributed by atoms with Crippen molar-refractivity contribution in [1.29, 1.82) is 5.26 Å². The van der Waals surface area contributed by atoms with Crippen LogP contribution in [0.3, 0.4) is 0 Å². The molecule has 0 aromatic carbocycles. The van der Waals surface area contributed by atoms with Crippen molar-refractivity contribution < 1.29 is 0 Å². The first kappa shape index (κ1) is 12.6. The lowest BCUT2D eigenvalue weighted by atomic mass is 10.1. The van der Waals surface area contributed by atoms with E-state index in [0.717, 1.165) is 26.2 Å². The Morgan fingerprint density at radius 1 is 1.59 bits per heavy atom. The van der Waals surface area contributed by atoms with Gasteiger partial charge in [0.2, 0.25) is 0 Å². The highest BCUT2D eigenvalue weighted by molar-refractivity contribution is 7.10. The second-order valence-electron chi connectivity index (χ2n) is 4.52. The summed E-state index contributed by atoms with van der Waals surface area (Å²) in [6, 6.07) is 7.02. The van der Waals surface area contributed by atoms with Crippen LogP contribution in [0.25, 0.3) is 0 Å². The average Bonchev–Trinajstić information content (AvgIpc) is 2.84. The first-order chi connectivity index (χ1) is 8.26. The molecule has 4 heteroatoms. The van der Waals surface area contributed by atoms with Crippen molar-refractivity contribution in [2.75, 3.05) is 26.2 Å². The molecule has 1 aliphatic heterocycles. The van der Waals surface area contributed by atoms with Gasteiger partial charge in [0.05, 0.1) is 6.07 Å². The van der Waals surface area contributed by atoms with Gasteiger partial charge in [-0.25, -0.2) is 0 Å². The number of thiophene rings is 1. The van der Waals surface area contributed by atoms with Crippen molar-refractivity contribution in [3.63, 3.8) is 0 Å². The Morgan fingerprint density at radius 3 is 2.94 bits per heavy atom. The van der Waals surface area contributed by atoms with Crippen molar-refractivity contribution in [3.05, 3.63) is 22.4 Å². The van der Waals surface area contributed by atoms with E-state index in [1.165, 1.54) is 4.88 Å². The number of nitriles is 1. The fraction of sp³-hybridized carbons (Fsp3) is 0.615. The van der Waals surface area contributed by atoms with Crippen LogP contribution < -0.4 is 0 Å². The zero-order valence-corrected chi connectivity index (χ0v) is 11.3. The van der Waals surface area contributed by atoms with E-state index in [1.54, 1.807) is 11.3 Å². The lowest BCUT2D eigenvalue weighted by molar-refractivity contribution is 0.0738. The van der Waals surface area contributed by atoms with Crippen LogP contribution in [-0.4, -0.2) is 42.0 Å². The predicted molar refractivity (Wildman–Crippen MR) is 71.0 cm³/mol. The van der Waals surface area contributed by atoms with E-state index < -0.39 is 0 Å². The average molecular weight is 249 g/mol. The zero-order chi connectivity index (χ0) is 12.3. The maximum Gasteiger partial charge on any atom is 0.133 e. The first-order valence-electron chi connectivity index (χ1n) is 6.17. The third kappa shape index (κ3) is 2.68. The number of rotatable bonds is 3. The quantitative estimate of drug-likeness (QED) is 0.823. The molecule has 2 atom stereocenters. The summed E-state index contributed by atoms with van der Waals surface area (Å²) in [5, 5.41) is 11.4. The molecule has 0 saturated carbocycles. The lowest BCUT2D eigenvalue weighted by Crippen LogP contribution is -2.52. The van der Waals surface area contributed by atoms with Gasteiger partial charge in [-0.2, -0.15) is 5.26 Å². The molecule has 0 amide bonds. The summed E-state index contributed by atoms with van der Waals surface area (Å²) in [5.74, 6) is 0. The molecule has 0 bridgehead atoms. The number of nitrogens with zero attached hydrogens (tertiary/aromatic N) is 3. The van der Waals surface area contributed by atoms with Crippen molar-refractivity contribution >= 4 is 11.3 Å². The van der Waals surface area contributed by atoms with Crippen molar-refractivity contribution in [2.24, 2.45) is 0 Å². The largest absolute Gasteiger partial charge is 0.298 e. The van der Waals surface area contributed by atoms with E-state index in [9.17, 15) is 5.26 Å². The topological polar surface area (TPSA) is 30.3 Å². The van der Waals surface area contributed by atoms with Crippen LogP contribution in [-0.2, 0) is 0 Å². The van der Waals surface area contributed by atoms with Crippen LogP contribution in [0.15, 0.2) is 17.5 Å². The minimum atomic E-state index is -0.0588. The Kier molecular flexibility index (Phi) is 4.16. The predicted octanol–water partition coefficient (Wildman–Crippen LogP) is 2.34. The van der Waals surface area contributed by atoms with E-state index in [0.29, 0.717) is 6.04 Å². The summed E-state index contributed by atoms with van der Waals surface area (Å²) in [5.41, 5.74) is 0. The van der Waals surface area contributed by atoms with Gasteiger partial charge in [-0.15, -0.1) is 11.3 Å². The number of piperazine rings is 1. The molecule has 1 aromatic rings. The van der Waals surface area contributed by atoms with Gasteiger partial charge in [0, 0.05) is 30.6 Å². The van der Waals surface area contributed by atoms with Gasteiger partial charge in [0.25, 0.3) is 0 Å². The zero-order valence-electron chi connectivity index (χ0n) is 10.5. The van der Waals surface area contributed by atoms with E-state index in [2.05, 4.69) is 35.8 Å². The number of likely N-dealkylation sites (N-methyl/N-ethyl adjacent to an activating group) is 1. The Morgan fingerprint density at radius 2 is 2.41 bits per heavy atom. The van der Waals surface area contributed by atoms with Crippen LogP contribution in [0.5, 0.6) is 0 Å². The molecular weight excluding hydrogens is 230 g/mol. The summed E-state index contributed by atoms with van der Waals surface area (Å²) in [6.45, 7) is 8.61. The van der Waals surface area contributed by atoms with Crippen molar-refractivity contribution in [2.45, 2.75) is 25.9 Å². The molecule has 1 aliphatic rings. The molecular formula is C13H19N3S. The maximum atomic E-state index is 9.36. The first-order valence-corrected chi connectivity index (χ1v) is 7.05. The highest BCUT2D eigenvalue weighted by atomic mass is 32.1. The van der Waals surface area contributed by atoms with E-state index in [-0.39, 0.29) is 6.04 Å². The molecule has 1 aromatic heterocycles. The van der Waals surface area contributed by atoms with Gasteiger partial charge in [-0.05, 0) is 24.9 Å². The minimum Gasteiger partial charge on any atom is -0.298 e. The molecule has 0 radical (unpaired) electrons. The van der Waals surface area contributed by atoms with Gasteiger partial charge in [-0.1, -0.05) is 13.0 Å². The van der Waals surface area contributed by atoms with Crippen LogP contribution in [0.4, 0.5) is 0 Å². The summed E-state index contributed by atoms with van der Waals surface area (Å²) < 4.78 is 0. The molecule has 1 saturated heterocycles. The standard InChI is InChI=1S/C13H19N3S/c1-3-15-6-7-16(10-11(15)2)12(9-14)13-5-4-8-17-13/h4-5,8,11-12H,3,6-7,10H2,1-2H3. The molecule has 2 heterocycles. The van der Waals surface area contributed by atoms with Gasteiger partial charge in [0.1, 0.15) is 6.04 Å². The number of hydrogen-bond donors (Lipinski definition) is 0. The summed E-state index contributed by atoms with van der Waals surface area (Å²) in [6.07, 6.45) is 0. The molecule has 2 rings (SSSR count). The van der Waals surface area contributed by atoms with Gasteiger partial charge in [-0.3, -0.25) is 9.80 Å². The fourth-order valence-corrected chi connectivity index (χ4v) is 3.30.